The number of esters is 1. The summed E-state index contributed by atoms with van der Waals surface area (Å²) < 4.78 is 17.4. The average molecular weight is 385 g/mol. The minimum atomic E-state index is -4.53. The predicted octanol–water partition coefficient (Wildman–Crippen LogP) is 3.19. The molecule has 0 heterocycles. The summed E-state index contributed by atoms with van der Waals surface area (Å²) in [5, 5.41) is -1.38. The molecule has 0 unspecified atom stereocenters. The van der Waals surface area contributed by atoms with Crippen molar-refractivity contribution in [3.8, 4) is 0 Å². The smallest absolute Gasteiger partial charge is 0.337 e. The Bertz CT molecular complexity index is 665. The van der Waals surface area contributed by atoms with Crippen LogP contribution in [0.25, 0.3) is 0 Å². The molecular formula is C19H32NO5P. The van der Waals surface area contributed by atoms with Gasteiger partial charge in [0.1, 0.15) is 11.2 Å². The van der Waals surface area contributed by atoms with E-state index in [1.165, 1.54) is 7.11 Å². The van der Waals surface area contributed by atoms with E-state index in [2.05, 4.69) is 4.74 Å². The molecule has 1 aromatic rings. The fourth-order valence-electron chi connectivity index (χ4n) is 4.40. The van der Waals surface area contributed by atoms with Crippen LogP contribution >= 0.6 is 7.60 Å². The van der Waals surface area contributed by atoms with E-state index in [0.717, 1.165) is 5.56 Å². The largest absolute Gasteiger partial charge is 0.468 e. The number of hydrogen-bond donors (Lipinski definition) is 3. The molecule has 1 aromatic carbocycles. The van der Waals surface area contributed by atoms with Crippen LogP contribution in [-0.4, -0.2) is 28.9 Å². The van der Waals surface area contributed by atoms with Crippen molar-refractivity contribution in [2.45, 2.75) is 59.2 Å². The summed E-state index contributed by atoms with van der Waals surface area (Å²) in [6, 6.07) is 6.21. The summed E-state index contributed by atoms with van der Waals surface area (Å²) in [7, 11) is -3.25. The summed E-state index contributed by atoms with van der Waals surface area (Å²) >= 11 is 0. The van der Waals surface area contributed by atoms with Crippen molar-refractivity contribution in [1.29, 1.82) is 0 Å². The maximum Gasteiger partial charge on any atom is 0.337 e. The molecule has 0 radical (unpaired) electrons. The molecule has 0 saturated heterocycles. The Kier molecular flexibility index (Phi) is 6.53. The molecule has 0 aliphatic heterocycles. The minimum Gasteiger partial charge on any atom is -0.468 e. The van der Waals surface area contributed by atoms with Crippen LogP contribution in [0.4, 0.5) is 0 Å². The second-order valence-electron chi connectivity index (χ2n) is 8.79. The summed E-state index contributed by atoms with van der Waals surface area (Å²) in [5.74, 6) is -0.497. The van der Waals surface area contributed by atoms with Gasteiger partial charge in [-0.3, -0.25) is 9.36 Å². The molecule has 148 valence electrons. The second-order valence-corrected chi connectivity index (χ2v) is 10.5. The molecule has 6 nitrogen and oxygen atoms in total. The van der Waals surface area contributed by atoms with Crippen LogP contribution in [0.2, 0.25) is 0 Å². The number of carbonyl (C=O) groups is 1. The second kappa shape index (κ2) is 7.43. The van der Waals surface area contributed by atoms with Crippen molar-refractivity contribution in [2.24, 2.45) is 16.6 Å². The number of rotatable bonds is 5. The first-order chi connectivity index (χ1) is 11.6. The van der Waals surface area contributed by atoms with Gasteiger partial charge in [-0.05, 0) is 28.4 Å². The lowest BCUT2D eigenvalue weighted by Gasteiger charge is -2.53. The lowest BCUT2D eigenvalue weighted by Crippen LogP contribution is -2.50. The number of hydrogen-bond acceptors (Lipinski definition) is 4. The Morgan fingerprint density at radius 2 is 1.50 bits per heavy atom. The third-order valence-corrected chi connectivity index (χ3v) is 7.41. The predicted molar refractivity (Wildman–Crippen MR) is 103 cm³/mol. The maximum absolute atomic E-state index is 12.8. The zero-order valence-corrected chi connectivity index (χ0v) is 17.6. The molecule has 0 amide bonds. The summed E-state index contributed by atoms with van der Waals surface area (Å²) in [5.41, 5.74) is 5.76. The number of nitrogens with two attached hydrogens (primary N) is 1. The molecule has 0 aliphatic carbocycles. The van der Waals surface area contributed by atoms with Gasteiger partial charge in [-0.25, -0.2) is 0 Å². The highest BCUT2D eigenvalue weighted by Gasteiger charge is 2.62. The van der Waals surface area contributed by atoms with Gasteiger partial charge >= 0.3 is 13.6 Å². The van der Waals surface area contributed by atoms with Crippen molar-refractivity contribution in [2.75, 3.05) is 7.11 Å². The normalized spacial score (nSPS) is 14.8. The van der Waals surface area contributed by atoms with Gasteiger partial charge in [-0.15, -0.1) is 0 Å². The number of ether oxygens (including phenoxy) is 1. The van der Waals surface area contributed by atoms with Gasteiger partial charge in [0.05, 0.1) is 7.11 Å². The molecule has 0 spiro atoms. The molecule has 26 heavy (non-hydrogen) atoms. The molecule has 0 fully saturated rings. The van der Waals surface area contributed by atoms with Crippen LogP contribution in [0.3, 0.4) is 0 Å². The summed E-state index contributed by atoms with van der Waals surface area (Å²) in [6.07, 6.45) is 0.293. The van der Waals surface area contributed by atoms with Gasteiger partial charge in [0.2, 0.25) is 0 Å². The van der Waals surface area contributed by atoms with E-state index in [1.54, 1.807) is 24.3 Å². The fraction of sp³-hybridized carbons (Fsp3) is 0.632. The van der Waals surface area contributed by atoms with E-state index >= 15 is 0 Å². The Morgan fingerprint density at radius 1 is 1.08 bits per heavy atom. The van der Waals surface area contributed by atoms with Gasteiger partial charge in [-0.2, -0.15) is 0 Å². The van der Waals surface area contributed by atoms with E-state index < -0.39 is 35.6 Å². The quantitative estimate of drug-likeness (QED) is 0.530. The van der Waals surface area contributed by atoms with Gasteiger partial charge in [-0.1, -0.05) is 65.8 Å². The molecule has 4 N–H and O–H groups in total. The van der Waals surface area contributed by atoms with Crippen molar-refractivity contribution in [3.05, 3.63) is 35.4 Å². The summed E-state index contributed by atoms with van der Waals surface area (Å²) in [6.45, 7) is 11.1. The van der Waals surface area contributed by atoms with Crippen LogP contribution < -0.4 is 5.73 Å². The lowest BCUT2D eigenvalue weighted by atomic mass is 9.62. The van der Waals surface area contributed by atoms with Gasteiger partial charge in [0.15, 0.2) is 0 Å². The van der Waals surface area contributed by atoms with Gasteiger partial charge < -0.3 is 20.3 Å². The van der Waals surface area contributed by atoms with Crippen molar-refractivity contribution in [1.82, 2.24) is 0 Å². The topological polar surface area (TPSA) is 110 Å². The third-order valence-electron chi connectivity index (χ3n) is 4.94. The molecular weight excluding hydrogens is 353 g/mol. The van der Waals surface area contributed by atoms with Crippen LogP contribution in [-0.2, 0) is 25.7 Å². The molecule has 0 saturated carbocycles. The first kappa shape index (κ1) is 22.8. The SMILES string of the molecule is COC(=O)[C@@H](N)Cc1ccc(C(C(C)(C)C)(C(C)(C)C)P(=O)(O)O)cc1. The molecule has 7 heteroatoms. The van der Waals surface area contributed by atoms with E-state index in [0.29, 0.717) is 12.0 Å². The molecule has 0 aromatic heterocycles. The minimum absolute atomic E-state index is 0.293. The van der Waals surface area contributed by atoms with Gasteiger partial charge in [0, 0.05) is 0 Å². The molecule has 1 atom stereocenters. The Morgan fingerprint density at radius 3 is 1.81 bits per heavy atom. The molecule has 1 rings (SSSR count). The Balaban J connectivity index is 3.47. The van der Waals surface area contributed by atoms with Crippen molar-refractivity contribution in [3.63, 3.8) is 0 Å². The van der Waals surface area contributed by atoms with E-state index in [4.69, 9.17) is 5.73 Å². The van der Waals surface area contributed by atoms with Crippen LogP contribution in [0.1, 0.15) is 52.7 Å². The molecule has 0 aliphatic rings. The number of benzene rings is 1. The highest BCUT2D eigenvalue weighted by atomic mass is 31.2. The van der Waals surface area contributed by atoms with Crippen molar-refractivity contribution >= 4 is 13.6 Å². The number of carbonyl (C=O) groups excluding carboxylic acids is 1. The highest BCUT2D eigenvalue weighted by molar-refractivity contribution is 7.53. The van der Waals surface area contributed by atoms with E-state index in [-0.39, 0.29) is 0 Å². The van der Waals surface area contributed by atoms with E-state index in [1.807, 2.05) is 41.5 Å². The Labute approximate surface area is 156 Å². The first-order valence-electron chi connectivity index (χ1n) is 8.58. The third kappa shape index (κ3) is 4.04. The zero-order valence-electron chi connectivity index (χ0n) is 16.7. The maximum atomic E-state index is 12.8. The van der Waals surface area contributed by atoms with Crippen LogP contribution in [0, 0.1) is 10.8 Å². The standard InChI is InChI=1S/C19H32NO5P/c1-17(2,3)19(18(4,5)6,26(22,23)24)14-10-8-13(9-11-14)12-15(20)16(21)25-7/h8-11,15H,12,20H2,1-7H3,(H2,22,23,24)/t15-/m0/s1. The molecule has 0 bridgehead atoms. The van der Waals surface area contributed by atoms with Gasteiger partial charge in [0.25, 0.3) is 0 Å². The zero-order chi connectivity index (χ0) is 20.6. The lowest BCUT2D eigenvalue weighted by molar-refractivity contribution is -0.142. The Hall–Kier alpha value is -1.20. The fourth-order valence-corrected chi connectivity index (χ4v) is 6.64. The van der Waals surface area contributed by atoms with E-state index in [9.17, 15) is 19.1 Å². The monoisotopic (exact) mass is 385 g/mol. The summed E-state index contributed by atoms with van der Waals surface area (Å²) in [4.78, 5) is 32.3. The van der Waals surface area contributed by atoms with Crippen LogP contribution in [0.5, 0.6) is 0 Å². The first-order valence-corrected chi connectivity index (χ1v) is 10.2. The van der Waals surface area contributed by atoms with Crippen molar-refractivity contribution < 1.29 is 23.9 Å². The average Bonchev–Trinajstić information content (AvgIpc) is 2.44. The van der Waals surface area contributed by atoms with Crippen LogP contribution in [0.15, 0.2) is 24.3 Å². The highest BCUT2D eigenvalue weighted by Crippen LogP contribution is 2.72. The number of methoxy groups -OCH3 is 1.